The Morgan fingerprint density at radius 1 is 1.24 bits per heavy atom. The highest BCUT2D eigenvalue weighted by Gasteiger charge is 2.14. The van der Waals surface area contributed by atoms with Gasteiger partial charge in [-0.15, -0.1) is 24.0 Å². The molecule has 5 heteroatoms. The van der Waals surface area contributed by atoms with Crippen molar-refractivity contribution in [3.8, 4) is 0 Å². The van der Waals surface area contributed by atoms with Gasteiger partial charge in [-0.25, -0.2) is 4.99 Å². The largest absolute Gasteiger partial charge is 0.370 e. The van der Waals surface area contributed by atoms with Gasteiger partial charge in [0.1, 0.15) is 0 Å². The number of aromatic nitrogens is 1. The van der Waals surface area contributed by atoms with Crippen LogP contribution < -0.4 is 11.1 Å². The fraction of sp³-hybridized carbons (Fsp3) is 0.375. The Morgan fingerprint density at radius 3 is 2.81 bits per heavy atom. The first-order valence-electron chi connectivity index (χ1n) is 7.22. The predicted molar refractivity (Wildman–Crippen MR) is 97.9 cm³/mol. The quantitative estimate of drug-likeness (QED) is 0.476. The van der Waals surface area contributed by atoms with Crippen molar-refractivity contribution in [1.82, 2.24) is 10.3 Å². The number of rotatable bonds is 3. The van der Waals surface area contributed by atoms with E-state index in [1.165, 1.54) is 31.1 Å². The van der Waals surface area contributed by atoms with E-state index in [0.29, 0.717) is 18.5 Å². The van der Waals surface area contributed by atoms with E-state index in [4.69, 9.17) is 5.73 Å². The number of aliphatic imine (C=N–C) groups is 1. The number of halogens is 1. The van der Waals surface area contributed by atoms with Crippen molar-refractivity contribution in [1.29, 1.82) is 0 Å². The third-order valence-electron chi connectivity index (χ3n) is 3.86. The smallest absolute Gasteiger partial charge is 0.189 e. The zero-order valence-electron chi connectivity index (χ0n) is 12.0. The van der Waals surface area contributed by atoms with Crippen LogP contribution in [0.15, 0.2) is 41.5 Å². The molecule has 1 saturated carbocycles. The Hall–Kier alpha value is -1.37. The SMILES string of the molecule is I.NC(=NCc1nccc2ccccc12)NC1CCCC1. The number of benzene rings is 1. The minimum atomic E-state index is 0. The van der Waals surface area contributed by atoms with E-state index in [1.807, 2.05) is 24.4 Å². The van der Waals surface area contributed by atoms with Crippen LogP contribution in [0.2, 0.25) is 0 Å². The number of nitrogens with two attached hydrogens (primary N) is 1. The highest BCUT2D eigenvalue weighted by atomic mass is 127. The Morgan fingerprint density at radius 2 is 2.00 bits per heavy atom. The first kappa shape index (κ1) is 16.0. The molecule has 4 nitrogen and oxygen atoms in total. The van der Waals surface area contributed by atoms with Crippen LogP contribution in [0.5, 0.6) is 0 Å². The van der Waals surface area contributed by atoms with Gasteiger partial charge in [0.15, 0.2) is 5.96 Å². The molecule has 0 spiro atoms. The van der Waals surface area contributed by atoms with Gasteiger partial charge in [-0.05, 0) is 24.3 Å². The van der Waals surface area contributed by atoms with Crippen LogP contribution in [-0.4, -0.2) is 17.0 Å². The summed E-state index contributed by atoms with van der Waals surface area (Å²) in [6.07, 6.45) is 6.80. The lowest BCUT2D eigenvalue weighted by molar-refractivity contribution is 0.625. The van der Waals surface area contributed by atoms with Crippen LogP contribution in [0.3, 0.4) is 0 Å². The summed E-state index contributed by atoms with van der Waals surface area (Å²) >= 11 is 0. The topological polar surface area (TPSA) is 63.3 Å². The van der Waals surface area contributed by atoms with E-state index in [9.17, 15) is 0 Å². The van der Waals surface area contributed by atoms with E-state index in [-0.39, 0.29) is 24.0 Å². The predicted octanol–water partition coefficient (Wildman–Crippen LogP) is 3.20. The molecule has 0 amide bonds. The molecule has 0 unspecified atom stereocenters. The number of nitrogens with zero attached hydrogens (tertiary/aromatic N) is 2. The standard InChI is InChI=1S/C16H20N4.HI/c17-16(20-13-6-2-3-7-13)19-11-15-14-8-4-1-5-12(14)9-10-18-15;/h1,4-5,8-10,13H,2-3,6-7,11H2,(H3,17,19,20);1H. The molecule has 112 valence electrons. The number of nitrogens with one attached hydrogen (secondary N) is 1. The number of hydrogen-bond donors (Lipinski definition) is 2. The van der Waals surface area contributed by atoms with Gasteiger partial charge in [0.25, 0.3) is 0 Å². The average Bonchev–Trinajstić information content (AvgIpc) is 2.98. The van der Waals surface area contributed by atoms with Crippen LogP contribution in [0, 0.1) is 0 Å². The lowest BCUT2D eigenvalue weighted by Gasteiger charge is -2.12. The molecule has 2 aromatic rings. The lowest BCUT2D eigenvalue weighted by Crippen LogP contribution is -2.38. The molecule has 1 aliphatic rings. The number of pyridine rings is 1. The zero-order valence-corrected chi connectivity index (χ0v) is 14.3. The Labute approximate surface area is 142 Å². The van der Waals surface area contributed by atoms with Crippen LogP contribution in [0.25, 0.3) is 10.8 Å². The van der Waals surface area contributed by atoms with Gasteiger partial charge in [-0.3, -0.25) is 4.98 Å². The molecule has 3 rings (SSSR count). The van der Waals surface area contributed by atoms with Crippen LogP contribution in [0.1, 0.15) is 31.4 Å². The number of hydrogen-bond acceptors (Lipinski definition) is 2. The molecule has 1 aliphatic carbocycles. The molecule has 21 heavy (non-hydrogen) atoms. The normalized spacial score (nSPS) is 15.9. The molecular weight excluding hydrogens is 375 g/mol. The van der Waals surface area contributed by atoms with Gasteiger partial charge < -0.3 is 11.1 Å². The van der Waals surface area contributed by atoms with Gasteiger partial charge >= 0.3 is 0 Å². The van der Waals surface area contributed by atoms with Crippen LogP contribution in [-0.2, 0) is 6.54 Å². The van der Waals surface area contributed by atoms with Crippen molar-refractivity contribution in [2.45, 2.75) is 38.3 Å². The van der Waals surface area contributed by atoms with Gasteiger partial charge in [0.05, 0.1) is 12.2 Å². The number of guanidine groups is 1. The fourth-order valence-corrected chi connectivity index (χ4v) is 2.79. The first-order valence-corrected chi connectivity index (χ1v) is 7.22. The van der Waals surface area contributed by atoms with E-state index in [1.54, 1.807) is 0 Å². The van der Waals surface area contributed by atoms with Crippen molar-refractivity contribution in [2.75, 3.05) is 0 Å². The van der Waals surface area contributed by atoms with E-state index < -0.39 is 0 Å². The van der Waals surface area contributed by atoms with Gasteiger partial charge in [-0.1, -0.05) is 37.1 Å². The molecular formula is C16H21IN4. The molecule has 0 aliphatic heterocycles. The summed E-state index contributed by atoms with van der Waals surface area (Å²) in [5, 5.41) is 5.63. The summed E-state index contributed by atoms with van der Waals surface area (Å²) < 4.78 is 0. The maximum absolute atomic E-state index is 5.96. The van der Waals surface area contributed by atoms with Crippen LogP contribution >= 0.6 is 24.0 Å². The maximum atomic E-state index is 5.96. The molecule has 0 radical (unpaired) electrons. The summed E-state index contributed by atoms with van der Waals surface area (Å²) in [5.41, 5.74) is 6.93. The minimum absolute atomic E-state index is 0. The molecule has 1 fully saturated rings. The Bertz CT molecular complexity index is 615. The second-order valence-electron chi connectivity index (χ2n) is 5.31. The zero-order chi connectivity index (χ0) is 13.8. The highest BCUT2D eigenvalue weighted by molar-refractivity contribution is 14.0. The molecule has 3 N–H and O–H groups in total. The second kappa shape index (κ2) is 7.59. The van der Waals surface area contributed by atoms with Crippen LogP contribution in [0.4, 0.5) is 0 Å². The van der Waals surface area contributed by atoms with Crippen molar-refractivity contribution in [2.24, 2.45) is 10.7 Å². The Balaban J connectivity index is 0.00000161. The number of fused-ring (bicyclic) bond motifs is 1. The third-order valence-corrected chi connectivity index (χ3v) is 3.86. The lowest BCUT2D eigenvalue weighted by atomic mass is 10.1. The van der Waals surface area contributed by atoms with Crippen molar-refractivity contribution < 1.29 is 0 Å². The maximum Gasteiger partial charge on any atom is 0.189 e. The monoisotopic (exact) mass is 396 g/mol. The van der Waals surface area contributed by atoms with Gasteiger partial charge in [-0.2, -0.15) is 0 Å². The first-order chi connectivity index (χ1) is 9.83. The average molecular weight is 396 g/mol. The van der Waals surface area contributed by atoms with Gasteiger partial charge in [0, 0.05) is 17.6 Å². The second-order valence-corrected chi connectivity index (χ2v) is 5.31. The summed E-state index contributed by atoms with van der Waals surface area (Å²) in [7, 11) is 0. The summed E-state index contributed by atoms with van der Waals surface area (Å²) in [6.45, 7) is 0.521. The van der Waals surface area contributed by atoms with E-state index in [2.05, 4.69) is 27.4 Å². The van der Waals surface area contributed by atoms with Crippen molar-refractivity contribution in [3.63, 3.8) is 0 Å². The van der Waals surface area contributed by atoms with E-state index >= 15 is 0 Å². The van der Waals surface area contributed by atoms with E-state index in [0.717, 1.165) is 11.1 Å². The minimum Gasteiger partial charge on any atom is -0.370 e. The molecule has 1 aromatic heterocycles. The third kappa shape index (κ3) is 4.06. The van der Waals surface area contributed by atoms with Gasteiger partial charge in [0.2, 0.25) is 0 Å². The molecule has 0 bridgehead atoms. The van der Waals surface area contributed by atoms with Crippen molar-refractivity contribution >= 4 is 40.7 Å². The molecule has 1 aromatic carbocycles. The molecule has 0 atom stereocenters. The van der Waals surface area contributed by atoms with Crippen molar-refractivity contribution in [3.05, 3.63) is 42.2 Å². The summed E-state index contributed by atoms with van der Waals surface area (Å²) in [6, 6.07) is 10.7. The highest BCUT2D eigenvalue weighted by Crippen LogP contribution is 2.18. The molecule has 0 saturated heterocycles. The Kier molecular flexibility index (Phi) is 5.78. The summed E-state index contributed by atoms with van der Waals surface area (Å²) in [5.74, 6) is 0.534. The fourth-order valence-electron chi connectivity index (χ4n) is 2.79. The summed E-state index contributed by atoms with van der Waals surface area (Å²) in [4.78, 5) is 8.85. The molecule has 1 heterocycles.